The van der Waals surface area contributed by atoms with Crippen LogP contribution < -0.4 is 20.7 Å². The number of piperidine rings is 1. The van der Waals surface area contributed by atoms with Gasteiger partial charge in [-0.3, -0.25) is 4.79 Å². The number of nitrogen functional groups attached to an aromatic ring is 1. The summed E-state index contributed by atoms with van der Waals surface area (Å²) in [4.78, 5) is 37.5. The molecule has 0 aliphatic carbocycles. The lowest BCUT2D eigenvalue weighted by Gasteiger charge is -2.37. The van der Waals surface area contributed by atoms with Crippen molar-refractivity contribution < 1.29 is 24.2 Å². The molecule has 0 bridgehead atoms. The van der Waals surface area contributed by atoms with E-state index in [-0.39, 0.29) is 33.8 Å². The second kappa shape index (κ2) is 9.96. The molecule has 3 aromatic heterocycles. The Morgan fingerprint density at radius 3 is 2.71 bits per heavy atom. The molecule has 1 aliphatic rings. The Bertz CT molecular complexity index is 1230. The van der Waals surface area contributed by atoms with Gasteiger partial charge in [0.05, 0.1) is 22.2 Å². The number of aryl methyl sites for hydroxylation is 1. The van der Waals surface area contributed by atoms with E-state index >= 15 is 0 Å². The summed E-state index contributed by atoms with van der Waals surface area (Å²) in [6.07, 6.45) is -1.27. The topological polar surface area (TPSA) is 156 Å². The minimum atomic E-state index is -1.45. The number of halogens is 2. The average molecular weight is 547 g/mol. The predicted molar refractivity (Wildman–Crippen MR) is 131 cm³/mol. The summed E-state index contributed by atoms with van der Waals surface area (Å²) in [7, 11) is 1.56. The number of carboxylic acid groups (broad SMARTS) is 1. The minimum absolute atomic E-state index is 0.103. The fourth-order valence-corrected chi connectivity index (χ4v) is 5.52. The second-order valence-electron chi connectivity index (χ2n) is 7.41. The molecule has 0 radical (unpaired) electrons. The van der Waals surface area contributed by atoms with Gasteiger partial charge in [0.25, 0.3) is 5.91 Å². The molecule has 34 heavy (non-hydrogen) atoms. The van der Waals surface area contributed by atoms with Crippen molar-refractivity contribution in [1.29, 1.82) is 0 Å². The van der Waals surface area contributed by atoms with Gasteiger partial charge >= 0.3 is 6.16 Å². The van der Waals surface area contributed by atoms with Gasteiger partial charge in [0.1, 0.15) is 17.1 Å². The third-order valence-electron chi connectivity index (χ3n) is 5.26. The Morgan fingerprint density at radius 2 is 2.12 bits per heavy atom. The molecule has 0 spiro atoms. The molecule has 15 heteroatoms. The van der Waals surface area contributed by atoms with Crippen molar-refractivity contribution in [3.05, 3.63) is 26.8 Å². The Balaban J connectivity index is 1.51. The van der Waals surface area contributed by atoms with E-state index in [9.17, 15) is 9.59 Å². The fourth-order valence-electron chi connectivity index (χ4n) is 3.60. The molecule has 1 aliphatic heterocycles. The van der Waals surface area contributed by atoms with Crippen LogP contribution in [0.1, 0.15) is 22.6 Å². The molecule has 3 aromatic rings. The lowest BCUT2D eigenvalue weighted by atomic mass is 10.0. The number of H-pyrrole nitrogens is 1. The highest BCUT2D eigenvalue weighted by Gasteiger charge is 2.34. The molecular weight excluding hydrogens is 527 g/mol. The van der Waals surface area contributed by atoms with Gasteiger partial charge in [-0.05, 0) is 13.3 Å². The molecule has 5 N–H and O–H groups in total. The Kier molecular flexibility index (Phi) is 7.19. The number of nitrogens with one attached hydrogen (secondary N) is 2. The van der Waals surface area contributed by atoms with Crippen molar-refractivity contribution in [3.63, 3.8) is 0 Å². The number of methoxy groups -OCH3 is 1. The van der Waals surface area contributed by atoms with Crippen LogP contribution in [0.3, 0.4) is 0 Å². The number of rotatable bonds is 6. The molecule has 4 heterocycles. The summed E-state index contributed by atoms with van der Waals surface area (Å²) in [5.74, 6) is -0.379. The van der Waals surface area contributed by atoms with Crippen LogP contribution in [0.15, 0.2) is 5.38 Å². The van der Waals surface area contributed by atoms with Crippen molar-refractivity contribution in [3.8, 4) is 16.5 Å². The normalized spacial score (nSPS) is 18.2. The number of amides is 1. The van der Waals surface area contributed by atoms with Gasteiger partial charge in [0.2, 0.25) is 5.06 Å². The summed E-state index contributed by atoms with van der Waals surface area (Å²) in [5.41, 5.74) is 7.25. The van der Waals surface area contributed by atoms with Crippen LogP contribution in [-0.4, -0.2) is 64.5 Å². The standard InChI is InChI=1S/C19H20Cl2N6O5S2/c1-7-11(20)12(21)14(23-7)15(28)24-8-3-4-27(5-10(8)31-2)18-26-13(9-6-33-17(22)25-9)16(34-18)32-19(29)30/h6,8,10,23H,3-5H2,1-2H3,(H2,22,25)(H,24,28)(H,29,30)/t8-,10+/m1/s1. The van der Waals surface area contributed by atoms with E-state index in [2.05, 4.69) is 20.3 Å². The molecule has 182 valence electrons. The molecule has 0 saturated carbocycles. The third-order valence-corrected chi connectivity index (χ3v) is 7.87. The first kappa shape index (κ1) is 24.5. The quantitative estimate of drug-likeness (QED) is 0.337. The summed E-state index contributed by atoms with van der Waals surface area (Å²) in [6, 6.07) is -0.292. The molecule has 11 nitrogen and oxygen atoms in total. The highest BCUT2D eigenvalue weighted by atomic mass is 35.5. The van der Waals surface area contributed by atoms with Gasteiger partial charge in [-0.25, -0.2) is 14.8 Å². The summed E-state index contributed by atoms with van der Waals surface area (Å²) in [5, 5.41) is 15.2. The van der Waals surface area contributed by atoms with Gasteiger partial charge in [-0.1, -0.05) is 34.5 Å². The van der Waals surface area contributed by atoms with Crippen LogP contribution in [-0.2, 0) is 4.74 Å². The van der Waals surface area contributed by atoms with Crippen LogP contribution in [0.5, 0.6) is 5.06 Å². The van der Waals surface area contributed by atoms with E-state index in [0.717, 1.165) is 11.3 Å². The first-order valence-corrected chi connectivity index (χ1v) is 12.4. The SMILES string of the molecule is CO[C@H]1CN(c2nc(-c3csc(N)n3)c(OC(=O)O)s2)CC[C@H]1NC(=O)c1[nH]c(C)c(Cl)c1Cl. The van der Waals surface area contributed by atoms with Crippen LogP contribution in [0, 0.1) is 6.92 Å². The molecule has 4 rings (SSSR count). The zero-order valence-electron chi connectivity index (χ0n) is 17.9. The van der Waals surface area contributed by atoms with E-state index < -0.39 is 6.16 Å². The number of aromatic amines is 1. The number of nitrogens with two attached hydrogens (primary N) is 1. The van der Waals surface area contributed by atoms with Crippen LogP contribution in [0.25, 0.3) is 11.4 Å². The molecule has 2 atom stereocenters. The van der Waals surface area contributed by atoms with E-state index in [4.69, 9.17) is 43.5 Å². The summed E-state index contributed by atoms with van der Waals surface area (Å²) >= 11 is 14.6. The predicted octanol–water partition coefficient (Wildman–Crippen LogP) is 3.87. The Labute approximate surface area is 211 Å². The number of nitrogens with zero attached hydrogens (tertiary/aromatic N) is 3. The lowest BCUT2D eigenvalue weighted by Crippen LogP contribution is -2.55. The summed E-state index contributed by atoms with van der Waals surface area (Å²) in [6.45, 7) is 2.66. The minimum Gasteiger partial charge on any atom is -0.449 e. The smallest absolute Gasteiger partial charge is 0.449 e. The van der Waals surface area contributed by atoms with E-state index in [1.54, 1.807) is 19.4 Å². The monoisotopic (exact) mass is 546 g/mol. The largest absolute Gasteiger partial charge is 0.512 e. The highest BCUT2D eigenvalue weighted by molar-refractivity contribution is 7.18. The molecule has 0 unspecified atom stereocenters. The average Bonchev–Trinajstić information content (AvgIpc) is 3.48. The van der Waals surface area contributed by atoms with E-state index in [1.807, 2.05) is 4.90 Å². The van der Waals surface area contributed by atoms with Crippen molar-refractivity contribution >= 4 is 68.2 Å². The lowest BCUT2D eigenvalue weighted by molar-refractivity contribution is 0.0540. The van der Waals surface area contributed by atoms with E-state index in [1.165, 1.54) is 11.3 Å². The maximum atomic E-state index is 12.8. The number of hydrogen-bond acceptors (Lipinski definition) is 10. The van der Waals surface area contributed by atoms with E-state index in [0.29, 0.717) is 51.9 Å². The number of ether oxygens (including phenoxy) is 2. The molecule has 1 saturated heterocycles. The molecule has 1 amide bonds. The van der Waals surface area contributed by atoms with Crippen molar-refractivity contribution in [1.82, 2.24) is 20.3 Å². The van der Waals surface area contributed by atoms with Gasteiger partial charge in [-0.15, -0.1) is 11.3 Å². The number of carbonyl (C=O) groups excluding carboxylic acids is 1. The first-order valence-electron chi connectivity index (χ1n) is 9.93. The number of hydrogen-bond donors (Lipinski definition) is 4. The van der Waals surface area contributed by atoms with Crippen LogP contribution in [0.2, 0.25) is 10.0 Å². The van der Waals surface area contributed by atoms with Crippen molar-refractivity contribution in [2.24, 2.45) is 0 Å². The first-order chi connectivity index (χ1) is 16.2. The molecular formula is C19H20Cl2N6O5S2. The Hall–Kier alpha value is -2.58. The number of carbonyl (C=O) groups is 2. The van der Waals surface area contributed by atoms with Gasteiger partial charge in [0.15, 0.2) is 10.3 Å². The number of anilines is 2. The van der Waals surface area contributed by atoms with Crippen LogP contribution >= 0.6 is 45.9 Å². The van der Waals surface area contributed by atoms with Gasteiger partial charge < -0.3 is 35.5 Å². The second-order valence-corrected chi connectivity index (χ2v) is 10.00. The number of aromatic nitrogens is 3. The summed E-state index contributed by atoms with van der Waals surface area (Å²) < 4.78 is 10.6. The van der Waals surface area contributed by atoms with Gasteiger partial charge in [-0.2, -0.15) is 0 Å². The molecule has 1 fully saturated rings. The van der Waals surface area contributed by atoms with Crippen molar-refractivity contribution in [2.75, 3.05) is 30.8 Å². The Morgan fingerprint density at radius 1 is 1.35 bits per heavy atom. The maximum Gasteiger partial charge on any atom is 0.512 e. The zero-order valence-corrected chi connectivity index (χ0v) is 21.1. The molecule has 0 aromatic carbocycles. The zero-order chi connectivity index (χ0) is 24.6. The van der Waals surface area contributed by atoms with Crippen LogP contribution in [0.4, 0.5) is 15.1 Å². The van der Waals surface area contributed by atoms with Crippen molar-refractivity contribution in [2.45, 2.75) is 25.5 Å². The highest BCUT2D eigenvalue weighted by Crippen LogP contribution is 2.41. The number of thiazole rings is 2. The van der Waals surface area contributed by atoms with Gasteiger partial charge in [0, 0.05) is 31.3 Å². The third kappa shape index (κ3) is 4.93. The maximum absolute atomic E-state index is 12.8. The fraction of sp³-hybridized carbons (Fsp3) is 0.368.